The summed E-state index contributed by atoms with van der Waals surface area (Å²) in [6.07, 6.45) is 1.92. The Balaban J connectivity index is 2.56. The summed E-state index contributed by atoms with van der Waals surface area (Å²) >= 11 is 0. The summed E-state index contributed by atoms with van der Waals surface area (Å²) in [7, 11) is 1.96. The van der Waals surface area contributed by atoms with Crippen LogP contribution in [0.3, 0.4) is 0 Å². The van der Waals surface area contributed by atoms with E-state index in [4.69, 9.17) is 15.7 Å². The third kappa shape index (κ3) is 4.21. The van der Waals surface area contributed by atoms with Gasteiger partial charge in [0.1, 0.15) is 5.69 Å². The van der Waals surface area contributed by atoms with Crippen LogP contribution in [-0.4, -0.2) is 42.3 Å². The van der Waals surface area contributed by atoms with E-state index in [9.17, 15) is 0 Å². The standard InChI is InChI=1S/C12H20N4O2/c1-9(2)18-7-6-16(3)10-4-5-11(14-8-10)12(13)15-17/h4-5,8-9,17H,6-7H2,1-3H3,(H2,13,15). The number of pyridine rings is 1. The molecule has 0 saturated heterocycles. The van der Waals surface area contributed by atoms with Gasteiger partial charge in [-0.3, -0.25) is 4.98 Å². The van der Waals surface area contributed by atoms with Crippen LogP contribution in [0.5, 0.6) is 0 Å². The molecule has 0 aromatic carbocycles. The molecule has 1 heterocycles. The molecular weight excluding hydrogens is 232 g/mol. The monoisotopic (exact) mass is 252 g/mol. The molecule has 0 bridgehead atoms. The first kappa shape index (κ1) is 14.2. The van der Waals surface area contributed by atoms with Gasteiger partial charge in [0.25, 0.3) is 0 Å². The molecule has 0 aliphatic rings. The van der Waals surface area contributed by atoms with Crippen molar-refractivity contribution in [3.8, 4) is 0 Å². The van der Waals surface area contributed by atoms with Gasteiger partial charge in [-0.1, -0.05) is 5.16 Å². The molecule has 1 rings (SSSR count). The van der Waals surface area contributed by atoms with E-state index < -0.39 is 0 Å². The predicted octanol–water partition coefficient (Wildman–Crippen LogP) is 1.04. The molecule has 0 unspecified atom stereocenters. The van der Waals surface area contributed by atoms with Crippen molar-refractivity contribution in [3.63, 3.8) is 0 Å². The summed E-state index contributed by atoms with van der Waals surface area (Å²) in [6, 6.07) is 3.58. The van der Waals surface area contributed by atoms with Crippen molar-refractivity contribution in [1.29, 1.82) is 0 Å². The van der Waals surface area contributed by atoms with Gasteiger partial charge in [0.05, 0.1) is 24.6 Å². The highest BCUT2D eigenvalue weighted by atomic mass is 16.5. The molecule has 1 aromatic rings. The first-order valence-electron chi connectivity index (χ1n) is 5.81. The second kappa shape index (κ2) is 6.80. The minimum absolute atomic E-state index is 0.00680. The minimum atomic E-state index is 0.00680. The molecule has 0 amide bonds. The Morgan fingerprint density at radius 1 is 1.56 bits per heavy atom. The lowest BCUT2D eigenvalue weighted by molar-refractivity contribution is 0.0846. The predicted molar refractivity (Wildman–Crippen MR) is 71.1 cm³/mol. The molecule has 0 atom stereocenters. The molecule has 0 radical (unpaired) electrons. The van der Waals surface area contributed by atoms with Gasteiger partial charge in [0.15, 0.2) is 5.84 Å². The largest absolute Gasteiger partial charge is 0.409 e. The van der Waals surface area contributed by atoms with Gasteiger partial charge in [0.2, 0.25) is 0 Å². The third-order valence-corrected chi connectivity index (χ3v) is 2.44. The molecule has 0 saturated carbocycles. The number of aromatic nitrogens is 1. The van der Waals surface area contributed by atoms with Gasteiger partial charge in [-0.05, 0) is 26.0 Å². The van der Waals surface area contributed by atoms with Gasteiger partial charge in [-0.25, -0.2) is 0 Å². The quantitative estimate of drug-likeness (QED) is 0.342. The first-order valence-corrected chi connectivity index (χ1v) is 5.81. The first-order chi connectivity index (χ1) is 8.54. The van der Waals surface area contributed by atoms with Gasteiger partial charge < -0.3 is 20.6 Å². The average molecular weight is 252 g/mol. The van der Waals surface area contributed by atoms with E-state index in [1.54, 1.807) is 12.3 Å². The van der Waals surface area contributed by atoms with Crippen LogP contribution in [0.4, 0.5) is 5.69 Å². The van der Waals surface area contributed by atoms with Crippen molar-refractivity contribution in [1.82, 2.24) is 4.98 Å². The number of ether oxygens (including phenoxy) is 1. The highest BCUT2D eigenvalue weighted by Gasteiger charge is 2.04. The summed E-state index contributed by atoms with van der Waals surface area (Å²) in [5.74, 6) is 0.00680. The van der Waals surface area contributed by atoms with Crippen molar-refractivity contribution < 1.29 is 9.94 Å². The summed E-state index contributed by atoms with van der Waals surface area (Å²) in [6.45, 7) is 5.46. The van der Waals surface area contributed by atoms with Crippen molar-refractivity contribution in [2.45, 2.75) is 20.0 Å². The van der Waals surface area contributed by atoms with Crippen LogP contribution in [0.2, 0.25) is 0 Å². The summed E-state index contributed by atoms with van der Waals surface area (Å²) in [4.78, 5) is 6.15. The second-order valence-electron chi connectivity index (χ2n) is 4.23. The van der Waals surface area contributed by atoms with E-state index in [0.717, 1.165) is 12.2 Å². The molecule has 0 aliphatic heterocycles. The Morgan fingerprint density at radius 3 is 2.78 bits per heavy atom. The highest BCUT2D eigenvalue weighted by Crippen LogP contribution is 2.10. The second-order valence-corrected chi connectivity index (χ2v) is 4.23. The summed E-state index contributed by atoms with van der Waals surface area (Å²) in [5, 5.41) is 11.4. The van der Waals surface area contributed by atoms with Gasteiger partial charge in [-0.15, -0.1) is 0 Å². The average Bonchev–Trinajstić information content (AvgIpc) is 2.37. The fourth-order valence-corrected chi connectivity index (χ4v) is 1.37. The normalized spacial score (nSPS) is 11.9. The fourth-order valence-electron chi connectivity index (χ4n) is 1.37. The molecule has 0 spiro atoms. The van der Waals surface area contributed by atoms with Crippen LogP contribution in [-0.2, 0) is 4.74 Å². The number of likely N-dealkylation sites (N-methyl/N-ethyl adjacent to an activating group) is 1. The smallest absolute Gasteiger partial charge is 0.188 e. The van der Waals surface area contributed by atoms with Gasteiger partial charge in [0, 0.05) is 13.6 Å². The summed E-state index contributed by atoms with van der Waals surface area (Å²) < 4.78 is 5.48. The van der Waals surface area contributed by atoms with Gasteiger partial charge in [-0.2, -0.15) is 0 Å². The maximum atomic E-state index is 8.53. The molecule has 1 aromatic heterocycles. The van der Waals surface area contributed by atoms with E-state index in [0.29, 0.717) is 12.3 Å². The van der Waals surface area contributed by atoms with Crippen LogP contribution < -0.4 is 10.6 Å². The number of anilines is 1. The zero-order chi connectivity index (χ0) is 13.5. The number of nitrogens with zero attached hydrogens (tertiary/aromatic N) is 3. The molecule has 3 N–H and O–H groups in total. The number of nitrogens with two attached hydrogens (primary N) is 1. The Labute approximate surface area is 107 Å². The molecule has 18 heavy (non-hydrogen) atoms. The van der Waals surface area contributed by atoms with Gasteiger partial charge >= 0.3 is 0 Å². The number of rotatable bonds is 6. The maximum absolute atomic E-state index is 8.53. The van der Waals surface area contributed by atoms with E-state index >= 15 is 0 Å². The van der Waals surface area contributed by atoms with E-state index in [-0.39, 0.29) is 11.9 Å². The van der Waals surface area contributed by atoms with E-state index in [1.807, 2.05) is 31.9 Å². The minimum Gasteiger partial charge on any atom is -0.409 e. The van der Waals surface area contributed by atoms with Crippen molar-refractivity contribution in [3.05, 3.63) is 24.0 Å². The lowest BCUT2D eigenvalue weighted by Gasteiger charge is -2.19. The number of hydrogen-bond acceptors (Lipinski definition) is 5. The van der Waals surface area contributed by atoms with Crippen LogP contribution in [0.1, 0.15) is 19.5 Å². The lowest BCUT2D eigenvalue weighted by atomic mass is 10.3. The number of hydrogen-bond donors (Lipinski definition) is 2. The Hall–Kier alpha value is -1.82. The van der Waals surface area contributed by atoms with Crippen LogP contribution in [0.25, 0.3) is 0 Å². The fraction of sp³-hybridized carbons (Fsp3) is 0.500. The molecule has 100 valence electrons. The molecule has 6 heteroatoms. The Bertz CT molecular complexity index is 390. The van der Waals surface area contributed by atoms with E-state index in [1.165, 1.54) is 0 Å². The molecule has 6 nitrogen and oxygen atoms in total. The lowest BCUT2D eigenvalue weighted by Crippen LogP contribution is -2.24. The zero-order valence-electron chi connectivity index (χ0n) is 11.0. The highest BCUT2D eigenvalue weighted by molar-refractivity contribution is 5.95. The maximum Gasteiger partial charge on any atom is 0.188 e. The van der Waals surface area contributed by atoms with Crippen LogP contribution in [0.15, 0.2) is 23.5 Å². The van der Waals surface area contributed by atoms with Crippen molar-refractivity contribution in [2.24, 2.45) is 10.9 Å². The molecular formula is C12H20N4O2. The Morgan fingerprint density at radius 2 is 2.28 bits per heavy atom. The Kier molecular flexibility index (Phi) is 5.38. The summed E-state index contributed by atoms with van der Waals surface area (Å²) in [5.41, 5.74) is 6.85. The number of oxime groups is 1. The zero-order valence-corrected chi connectivity index (χ0v) is 11.0. The van der Waals surface area contributed by atoms with Crippen LogP contribution >= 0.6 is 0 Å². The SMILES string of the molecule is CC(C)OCCN(C)c1ccc(/C(N)=N/O)nc1. The van der Waals surface area contributed by atoms with Crippen molar-refractivity contribution >= 4 is 11.5 Å². The molecule has 0 aliphatic carbocycles. The third-order valence-electron chi connectivity index (χ3n) is 2.44. The van der Waals surface area contributed by atoms with Crippen molar-refractivity contribution in [2.75, 3.05) is 25.1 Å². The molecule has 0 fully saturated rings. The topological polar surface area (TPSA) is 84.0 Å². The van der Waals surface area contributed by atoms with E-state index in [2.05, 4.69) is 10.1 Å². The van der Waals surface area contributed by atoms with Crippen LogP contribution in [0, 0.1) is 0 Å². The number of amidine groups is 1.